The van der Waals surface area contributed by atoms with Crippen LogP contribution >= 0.6 is 0 Å². The minimum Gasteiger partial charge on any atom is -0.493 e. The lowest BCUT2D eigenvalue weighted by Crippen LogP contribution is -2.05. The van der Waals surface area contributed by atoms with Crippen molar-refractivity contribution in [2.75, 3.05) is 6.61 Å². The molecule has 1 aromatic rings. The zero-order valence-corrected chi connectivity index (χ0v) is 8.78. The maximum atomic E-state index is 12.8. The summed E-state index contributed by atoms with van der Waals surface area (Å²) < 4.78 is 18.2. The van der Waals surface area contributed by atoms with Crippen molar-refractivity contribution in [3.8, 4) is 5.75 Å². The van der Waals surface area contributed by atoms with Gasteiger partial charge in [0.2, 0.25) is 0 Å². The second-order valence-electron chi connectivity index (χ2n) is 4.03. The first kappa shape index (κ1) is 10.9. The largest absolute Gasteiger partial charge is 0.493 e. The summed E-state index contributed by atoms with van der Waals surface area (Å²) in [7, 11) is 0. The molecule has 1 aromatic carbocycles. The summed E-state index contributed by atoms with van der Waals surface area (Å²) in [6.07, 6.45) is 3.41. The van der Waals surface area contributed by atoms with Crippen molar-refractivity contribution in [2.45, 2.75) is 19.3 Å². The first-order chi connectivity index (χ1) is 7.66. The lowest BCUT2D eigenvalue weighted by atomic mass is 10.2. The standard InChI is InChI=1S/C12H13FO3/c13-9-3-4-11(10(7-9)12(14)15)16-6-5-8-1-2-8/h3-4,7-8H,1-2,5-6H2,(H,14,15). The summed E-state index contributed by atoms with van der Waals surface area (Å²) in [6.45, 7) is 0.497. The molecule has 0 bridgehead atoms. The van der Waals surface area contributed by atoms with E-state index < -0.39 is 11.8 Å². The van der Waals surface area contributed by atoms with Gasteiger partial charge in [-0.2, -0.15) is 0 Å². The average Bonchev–Trinajstić information content (AvgIpc) is 3.04. The maximum absolute atomic E-state index is 12.8. The average molecular weight is 224 g/mol. The Morgan fingerprint density at radius 2 is 2.25 bits per heavy atom. The number of hydrogen-bond acceptors (Lipinski definition) is 2. The highest BCUT2D eigenvalue weighted by Gasteiger charge is 2.21. The summed E-state index contributed by atoms with van der Waals surface area (Å²) in [5, 5.41) is 8.86. The third-order valence-corrected chi connectivity index (χ3v) is 2.65. The van der Waals surface area contributed by atoms with E-state index in [4.69, 9.17) is 9.84 Å². The molecular weight excluding hydrogens is 211 g/mol. The van der Waals surface area contributed by atoms with Gasteiger partial charge in [0.1, 0.15) is 17.1 Å². The monoisotopic (exact) mass is 224 g/mol. The number of hydrogen-bond donors (Lipinski definition) is 1. The Morgan fingerprint density at radius 1 is 1.50 bits per heavy atom. The van der Waals surface area contributed by atoms with Crippen LogP contribution in [0.4, 0.5) is 4.39 Å². The molecule has 0 amide bonds. The van der Waals surface area contributed by atoms with Crippen molar-refractivity contribution in [2.24, 2.45) is 5.92 Å². The normalized spacial score (nSPS) is 14.8. The molecule has 0 radical (unpaired) electrons. The van der Waals surface area contributed by atoms with Crippen molar-refractivity contribution in [3.63, 3.8) is 0 Å². The summed E-state index contributed by atoms with van der Waals surface area (Å²) in [6, 6.07) is 3.55. The van der Waals surface area contributed by atoms with E-state index in [1.54, 1.807) is 0 Å². The van der Waals surface area contributed by atoms with Crippen molar-refractivity contribution < 1.29 is 19.0 Å². The number of halogens is 1. The van der Waals surface area contributed by atoms with Crippen molar-refractivity contribution >= 4 is 5.97 Å². The molecule has 2 rings (SSSR count). The zero-order valence-electron chi connectivity index (χ0n) is 8.78. The second kappa shape index (κ2) is 4.51. The Morgan fingerprint density at radius 3 is 2.88 bits per heavy atom. The van der Waals surface area contributed by atoms with E-state index in [0.717, 1.165) is 18.4 Å². The third kappa shape index (κ3) is 2.72. The van der Waals surface area contributed by atoms with E-state index in [9.17, 15) is 9.18 Å². The van der Waals surface area contributed by atoms with Gasteiger partial charge in [0.05, 0.1) is 6.61 Å². The molecule has 1 aliphatic rings. The second-order valence-corrected chi connectivity index (χ2v) is 4.03. The van der Waals surface area contributed by atoms with Gasteiger partial charge in [-0.1, -0.05) is 12.8 Å². The number of benzene rings is 1. The molecule has 1 aliphatic carbocycles. The minimum atomic E-state index is -1.17. The Bertz CT molecular complexity index is 399. The van der Waals surface area contributed by atoms with Crippen molar-refractivity contribution in [1.82, 2.24) is 0 Å². The Hall–Kier alpha value is -1.58. The number of rotatable bonds is 5. The van der Waals surface area contributed by atoms with Gasteiger partial charge in [-0.15, -0.1) is 0 Å². The molecular formula is C12H13FO3. The molecule has 16 heavy (non-hydrogen) atoms. The predicted octanol–water partition coefficient (Wildman–Crippen LogP) is 2.70. The fourth-order valence-electron chi connectivity index (χ4n) is 1.54. The highest BCUT2D eigenvalue weighted by Crippen LogP contribution is 2.32. The molecule has 0 aliphatic heterocycles. The molecule has 0 saturated heterocycles. The van der Waals surface area contributed by atoms with Crippen LogP contribution in [0.2, 0.25) is 0 Å². The lowest BCUT2D eigenvalue weighted by Gasteiger charge is -2.08. The van der Waals surface area contributed by atoms with Gasteiger partial charge in [-0.25, -0.2) is 9.18 Å². The molecule has 0 aromatic heterocycles. The van der Waals surface area contributed by atoms with Gasteiger partial charge < -0.3 is 9.84 Å². The first-order valence-corrected chi connectivity index (χ1v) is 5.32. The van der Waals surface area contributed by atoms with Gasteiger partial charge in [0.15, 0.2) is 0 Å². The summed E-state index contributed by atoms with van der Waals surface area (Å²) in [5.41, 5.74) is -0.115. The number of carboxylic acid groups (broad SMARTS) is 1. The molecule has 1 saturated carbocycles. The molecule has 1 fully saturated rings. The van der Waals surface area contributed by atoms with Crippen LogP contribution < -0.4 is 4.74 Å². The molecule has 0 atom stereocenters. The van der Waals surface area contributed by atoms with E-state index in [-0.39, 0.29) is 11.3 Å². The fourth-order valence-corrected chi connectivity index (χ4v) is 1.54. The van der Waals surface area contributed by atoms with Crippen LogP contribution in [0, 0.1) is 11.7 Å². The van der Waals surface area contributed by atoms with Gasteiger partial charge in [0.25, 0.3) is 0 Å². The molecule has 1 N–H and O–H groups in total. The topological polar surface area (TPSA) is 46.5 Å². The maximum Gasteiger partial charge on any atom is 0.339 e. The van der Waals surface area contributed by atoms with Crippen LogP contribution in [0.3, 0.4) is 0 Å². The van der Waals surface area contributed by atoms with Gasteiger partial charge in [-0.3, -0.25) is 0 Å². The van der Waals surface area contributed by atoms with E-state index in [1.807, 2.05) is 0 Å². The molecule has 86 valence electrons. The van der Waals surface area contributed by atoms with Gasteiger partial charge in [-0.05, 0) is 30.5 Å². The fraction of sp³-hybridized carbons (Fsp3) is 0.417. The number of carbonyl (C=O) groups is 1. The van der Waals surface area contributed by atoms with Crippen molar-refractivity contribution in [3.05, 3.63) is 29.6 Å². The summed E-state index contributed by atoms with van der Waals surface area (Å²) in [5.74, 6) is -0.754. The van der Waals surface area contributed by atoms with Crippen LogP contribution in [0.25, 0.3) is 0 Å². The smallest absolute Gasteiger partial charge is 0.339 e. The molecule has 4 heteroatoms. The van der Waals surface area contributed by atoms with E-state index in [0.29, 0.717) is 6.61 Å². The summed E-state index contributed by atoms with van der Waals surface area (Å²) in [4.78, 5) is 10.8. The quantitative estimate of drug-likeness (QED) is 0.836. The van der Waals surface area contributed by atoms with Crippen LogP contribution in [0.15, 0.2) is 18.2 Å². The van der Waals surface area contributed by atoms with E-state index in [1.165, 1.54) is 25.0 Å². The number of aromatic carboxylic acids is 1. The van der Waals surface area contributed by atoms with Gasteiger partial charge in [0, 0.05) is 0 Å². The Balaban J connectivity index is 2.02. The Kier molecular flexibility index (Phi) is 3.08. The first-order valence-electron chi connectivity index (χ1n) is 5.32. The molecule has 0 unspecified atom stereocenters. The molecule has 0 spiro atoms. The van der Waals surface area contributed by atoms with Crippen LogP contribution in [0.1, 0.15) is 29.6 Å². The zero-order chi connectivity index (χ0) is 11.5. The highest BCUT2D eigenvalue weighted by molar-refractivity contribution is 5.90. The SMILES string of the molecule is O=C(O)c1cc(F)ccc1OCCC1CC1. The van der Waals surface area contributed by atoms with Crippen LogP contribution in [0.5, 0.6) is 5.75 Å². The van der Waals surface area contributed by atoms with Crippen LogP contribution in [-0.2, 0) is 0 Å². The lowest BCUT2D eigenvalue weighted by molar-refractivity contribution is 0.0691. The predicted molar refractivity (Wildman–Crippen MR) is 56.2 cm³/mol. The van der Waals surface area contributed by atoms with Crippen LogP contribution in [-0.4, -0.2) is 17.7 Å². The minimum absolute atomic E-state index is 0.115. The van der Waals surface area contributed by atoms with E-state index >= 15 is 0 Å². The number of carboxylic acids is 1. The van der Waals surface area contributed by atoms with E-state index in [2.05, 4.69) is 0 Å². The third-order valence-electron chi connectivity index (χ3n) is 2.65. The summed E-state index contributed by atoms with van der Waals surface area (Å²) >= 11 is 0. The molecule has 0 heterocycles. The highest BCUT2D eigenvalue weighted by atomic mass is 19.1. The van der Waals surface area contributed by atoms with Crippen molar-refractivity contribution in [1.29, 1.82) is 0 Å². The number of ether oxygens (including phenoxy) is 1. The Labute approximate surface area is 92.9 Å². The molecule has 3 nitrogen and oxygen atoms in total. The van der Waals surface area contributed by atoms with Gasteiger partial charge >= 0.3 is 5.97 Å².